The summed E-state index contributed by atoms with van der Waals surface area (Å²) in [4.78, 5) is 25.8. The first-order valence-electron chi connectivity index (χ1n) is 7.40. The number of nitrogens with one attached hydrogen (secondary N) is 1. The summed E-state index contributed by atoms with van der Waals surface area (Å²) in [6.07, 6.45) is 1.54. The van der Waals surface area contributed by atoms with Gasteiger partial charge in [-0.05, 0) is 24.3 Å². The van der Waals surface area contributed by atoms with Crippen LogP contribution < -0.4 is 15.0 Å². The number of ether oxygens (including phenoxy) is 1. The van der Waals surface area contributed by atoms with Crippen LogP contribution in [0.25, 0.3) is 10.8 Å². The minimum atomic E-state index is -0.368. The van der Waals surface area contributed by atoms with Crippen LogP contribution in [-0.2, 0) is 9.59 Å². The van der Waals surface area contributed by atoms with Gasteiger partial charge in [0.1, 0.15) is 12.3 Å². The van der Waals surface area contributed by atoms with Gasteiger partial charge < -0.3 is 9.15 Å². The second kappa shape index (κ2) is 6.36. The van der Waals surface area contributed by atoms with Crippen LogP contribution >= 0.6 is 11.3 Å². The van der Waals surface area contributed by atoms with Crippen molar-refractivity contribution in [2.24, 2.45) is 0 Å². The second-order valence-electron chi connectivity index (χ2n) is 5.17. The average Bonchev–Trinajstić information content (AvgIpc) is 3.29. The van der Waals surface area contributed by atoms with Gasteiger partial charge in [0.2, 0.25) is 11.0 Å². The molecule has 3 aromatic rings. The number of carbonyl (C=O) groups is 2. The molecule has 1 aromatic carbocycles. The fraction of sp³-hybridized carbons (Fsp3) is 0.125. The Morgan fingerprint density at radius 2 is 2.12 bits per heavy atom. The third-order valence-corrected chi connectivity index (χ3v) is 4.37. The van der Waals surface area contributed by atoms with E-state index in [1.807, 2.05) is 6.07 Å². The molecule has 0 aliphatic carbocycles. The van der Waals surface area contributed by atoms with E-state index >= 15 is 0 Å². The molecule has 8 nitrogen and oxygen atoms in total. The molecule has 2 aromatic heterocycles. The van der Waals surface area contributed by atoms with Gasteiger partial charge in [-0.15, -0.1) is 10.2 Å². The molecule has 0 atom stereocenters. The molecule has 0 saturated carbocycles. The number of amides is 2. The number of hydrogen-bond donors (Lipinski definition) is 1. The Bertz CT molecular complexity index is 922. The van der Waals surface area contributed by atoms with Crippen LogP contribution in [-0.4, -0.2) is 35.2 Å². The van der Waals surface area contributed by atoms with Crippen LogP contribution in [0.4, 0.5) is 10.8 Å². The average molecular weight is 356 g/mol. The number of nitrogens with zero attached hydrogens (tertiary/aromatic N) is 3. The SMILES string of the molecule is O=C(CN1C(=O)COc2ccccc21)Nc1nnc(-c2ccco2)s1. The number of aromatic nitrogens is 2. The van der Waals surface area contributed by atoms with Crippen LogP contribution in [0.15, 0.2) is 47.1 Å². The lowest BCUT2D eigenvalue weighted by atomic mass is 10.2. The molecule has 9 heteroatoms. The molecule has 1 aliphatic heterocycles. The van der Waals surface area contributed by atoms with Crippen molar-refractivity contribution in [2.75, 3.05) is 23.4 Å². The van der Waals surface area contributed by atoms with Gasteiger partial charge in [-0.25, -0.2) is 0 Å². The van der Waals surface area contributed by atoms with Crippen molar-refractivity contribution in [2.45, 2.75) is 0 Å². The van der Waals surface area contributed by atoms with Crippen molar-refractivity contribution in [1.29, 1.82) is 0 Å². The largest absolute Gasteiger partial charge is 0.482 e. The first-order chi connectivity index (χ1) is 12.2. The summed E-state index contributed by atoms with van der Waals surface area (Å²) >= 11 is 1.19. The van der Waals surface area contributed by atoms with Crippen molar-refractivity contribution in [3.05, 3.63) is 42.7 Å². The van der Waals surface area contributed by atoms with E-state index in [-0.39, 0.29) is 25.0 Å². The number of carbonyl (C=O) groups excluding carboxylic acids is 2. The predicted octanol–water partition coefficient (Wildman–Crippen LogP) is 2.16. The highest BCUT2D eigenvalue weighted by Gasteiger charge is 2.27. The van der Waals surface area contributed by atoms with E-state index in [9.17, 15) is 9.59 Å². The lowest BCUT2D eigenvalue weighted by Crippen LogP contribution is -2.43. The zero-order chi connectivity index (χ0) is 17.2. The predicted molar refractivity (Wildman–Crippen MR) is 90.5 cm³/mol. The summed E-state index contributed by atoms with van der Waals surface area (Å²) in [7, 11) is 0. The van der Waals surface area contributed by atoms with Gasteiger partial charge in [0, 0.05) is 0 Å². The summed E-state index contributed by atoms with van der Waals surface area (Å²) < 4.78 is 10.6. The molecule has 2 amide bonds. The molecular formula is C16H12N4O4S. The van der Waals surface area contributed by atoms with Gasteiger partial charge in [0.25, 0.3) is 5.91 Å². The van der Waals surface area contributed by atoms with E-state index in [1.165, 1.54) is 22.5 Å². The molecule has 126 valence electrons. The van der Waals surface area contributed by atoms with E-state index < -0.39 is 0 Å². The van der Waals surface area contributed by atoms with Crippen molar-refractivity contribution in [3.63, 3.8) is 0 Å². The third kappa shape index (κ3) is 3.09. The highest BCUT2D eigenvalue weighted by molar-refractivity contribution is 7.18. The van der Waals surface area contributed by atoms with Crippen molar-refractivity contribution >= 4 is 34.0 Å². The number of benzene rings is 1. The van der Waals surface area contributed by atoms with E-state index in [2.05, 4.69) is 15.5 Å². The topological polar surface area (TPSA) is 97.6 Å². The minimum absolute atomic E-state index is 0.0915. The van der Waals surface area contributed by atoms with Crippen molar-refractivity contribution in [1.82, 2.24) is 10.2 Å². The molecule has 0 fully saturated rings. The number of furan rings is 1. The molecule has 0 unspecified atom stereocenters. The Kier molecular flexibility index (Phi) is 3.90. The molecule has 0 radical (unpaired) electrons. The number of para-hydroxylation sites is 2. The Morgan fingerprint density at radius 1 is 1.24 bits per heavy atom. The van der Waals surface area contributed by atoms with E-state index in [0.29, 0.717) is 27.3 Å². The minimum Gasteiger partial charge on any atom is -0.482 e. The van der Waals surface area contributed by atoms with Gasteiger partial charge in [0.05, 0.1) is 12.0 Å². The summed E-state index contributed by atoms with van der Waals surface area (Å²) in [5.74, 6) is 0.510. The molecule has 4 rings (SSSR count). The maximum absolute atomic E-state index is 12.3. The first kappa shape index (κ1) is 15.3. The monoisotopic (exact) mass is 356 g/mol. The van der Waals surface area contributed by atoms with Gasteiger partial charge in [-0.3, -0.25) is 19.8 Å². The maximum atomic E-state index is 12.3. The van der Waals surface area contributed by atoms with E-state index in [4.69, 9.17) is 9.15 Å². The molecular weight excluding hydrogens is 344 g/mol. The number of fused-ring (bicyclic) bond motifs is 1. The molecule has 25 heavy (non-hydrogen) atoms. The molecule has 1 N–H and O–H groups in total. The Labute approximate surface area is 146 Å². The maximum Gasteiger partial charge on any atom is 0.265 e. The first-order valence-corrected chi connectivity index (χ1v) is 8.22. The third-order valence-electron chi connectivity index (χ3n) is 3.51. The molecule has 0 saturated heterocycles. The molecule has 0 spiro atoms. The van der Waals surface area contributed by atoms with Crippen LogP contribution in [0.5, 0.6) is 5.75 Å². The smallest absolute Gasteiger partial charge is 0.265 e. The molecule has 0 bridgehead atoms. The molecule has 1 aliphatic rings. The Balaban J connectivity index is 1.47. The standard InChI is InChI=1S/C16H12N4O4S/c21-13(17-16-19-18-15(25-16)12-6-3-7-23-12)8-20-10-4-1-2-5-11(10)24-9-14(20)22/h1-7H,8-9H2,(H,17,19,21). The summed E-state index contributed by atoms with van der Waals surface area (Å²) in [6, 6.07) is 10.6. The van der Waals surface area contributed by atoms with Gasteiger partial charge in [-0.1, -0.05) is 23.5 Å². The van der Waals surface area contributed by atoms with Crippen molar-refractivity contribution in [3.8, 4) is 16.5 Å². The number of anilines is 2. The Hall–Kier alpha value is -3.20. The van der Waals surface area contributed by atoms with Gasteiger partial charge in [-0.2, -0.15) is 0 Å². The van der Waals surface area contributed by atoms with Crippen LogP contribution in [0.2, 0.25) is 0 Å². The zero-order valence-electron chi connectivity index (χ0n) is 12.8. The van der Waals surface area contributed by atoms with Crippen LogP contribution in [0, 0.1) is 0 Å². The lowest BCUT2D eigenvalue weighted by molar-refractivity contribution is -0.123. The van der Waals surface area contributed by atoms with E-state index in [0.717, 1.165) is 0 Å². The van der Waals surface area contributed by atoms with E-state index in [1.54, 1.807) is 30.3 Å². The summed E-state index contributed by atoms with van der Waals surface area (Å²) in [5, 5.41) is 11.4. The van der Waals surface area contributed by atoms with Crippen LogP contribution in [0.1, 0.15) is 0 Å². The zero-order valence-corrected chi connectivity index (χ0v) is 13.7. The van der Waals surface area contributed by atoms with Crippen molar-refractivity contribution < 1.29 is 18.7 Å². The number of hydrogen-bond acceptors (Lipinski definition) is 7. The van der Waals surface area contributed by atoms with Gasteiger partial charge in [0.15, 0.2) is 17.4 Å². The fourth-order valence-corrected chi connectivity index (χ4v) is 3.13. The summed E-state index contributed by atoms with van der Waals surface area (Å²) in [6.45, 7) is -0.222. The van der Waals surface area contributed by atoms with Crippen LogP contribution in [0.3, 0.4) is 0 Å². The lowest BCUT2D eigenvalue weighted by Gasteiger charge is -2.28. The normalized spacial score (nSPS) is 13.3. The Morgan fingerprint density at radius 3 is 2.96 bits per heavy atom. The fourth-order valence-electron chi connectivity index (χ4n) is 2.40. The van der Waals surface area contributed by atoms with Gasteiger partial charge >= 0.3 is 0 Å². The summed E-state index contributed by atoms with van der Waals surface area (Å²) in [5.41, 5.74) is 0.572. The highest BCUT2D eigenvalue weighted by atomic mass is 32.1. The molecule has 3 heterocycles. The highest BCUT2D eigenvalue weighted by Crippen LogP contribution is 2.31. The quantitative estimate of drug-likeness (QED) is 0.769. The number of rotatable bonds is 4. The second-order valence-corrected chi connectivity index (χ2v) is 6.15.